The van der Waals surface area contributed by atoms with Crippen molar-refractivity contribution in [2.24, 2.45) is 0 Å². The van der Waals surface area contributed by atoms with E-state index in [1.54, 1.807) is 20.3 Å². The number of hydrogen-bond acceptors (Lipinski definition) is 5. The van der Waals surface area contributed by atoms with Crippen LogP contribution >= 0.6 is 22.9 Å². The van der Waals surface area contributed by atoms with Gasteiger partial charge in [0.1, 0.15) is 23.4 Å². The highest BCUT2D eigenvalue weighted by Crippen LogP contribution is 2.42. The molecule has 5 nitrogen and oxygen atoms in total. The predicted molar refractivity (Wildman–Crippen MR) is 115 cm³/mol. The van der Waals surface area contributed by atoms with E-state index in [2.05, 4.69) is 11.4 Å². The van der Waals surface area contributed by atoms with Crippen molar-refractivity contribution in [2.45, 2.75) is 12.5 Å². The highest BCUT2D eigenvalue weighted by molar-refractivity contribution is 7.08. The Kier molecular flexibility index (Phi) is 5.65. The largest absolute Gasteiger partial charge is 0.497 e. The highest BCUT2D eigenvalue weighted by atomic mass is 35.5. The van der Waals surface area contributed by atoms with Gasteiger partial charge in [-0.1, -0.05) is 11.6 Å². The lowest BCUT2D eigenvalue weighted by molar-refractivity contribution is 0.0934. The third kappa shape index (κ3) is 4.04. The van der Waals surface area contributed by atoms with Gasteiger partial charge in [-0.05, 0) is 47.3 Å². The molecule has 1 unspecified atom stereocenters. The molecule has 0 saturated heterocycles. The third-order valence-corrected chi connectivity index (χ3v) is 5.81. The fourth-order valence-electron chi connectivity index (χ4n) is 3.40. The van der Waals surface area contributed by atoms with E-state index in [0.717, 1.165) is 28.2 Å². The zero-order valence-corrected chi connectivity index (χ0v) is 17.6. The third-order valence-electron chi connectivity index (χ3n) is 4.84. The van der Waals surface area contributed by atoms with Crippen molar-refractivity contribution in [3.63, 3.8) is 0 Å². The van der Waals surface area contributed by atoms with Gasteiger partial charge in [-0.25, -0.2) is 0 Å². The first-order valence-corrected chi connectivity index (χ1v) is 10.4. The van der Waals surface area contributed by atoms with Gasteiger partial charge >= 0.3 is 0 Å². The number of hydrogen-bond donors (Lipinski definition) is 1. The predicted octanol–water partition coefficient (Wildman–Crippen LogP) is 4.82. The SMILES string of the molecule is COc1ccc(OC)c(-c2cc(Cl)c3c(c2)CC(CNC(=O)c2ccsc2)O3)c1. The Bertz CT molecular complexity index is 1040. The number of benzene rings is 2. The molecule has 0 fully saturated rings. The number of nitrogens with one attached hydrogen (secondary N) is 1. The quantitative estimate of drug-likeness (QED) is 0.610. The molecule has 150 valence electrons. The summed E-state index contributed by atoms with van der Waals surface area (Å²) in [7, 11) is 3.26. The Balaban J connectivity index is 1.54. The molecule has 1 atom stereocenters. The topological polar surface area (TPSA) is 56.8 Å². The summed E-state index contributed by atoms with van der Waals surface area (Å²) in [5.41, 5.74) is 3.49. The lowest BCUT2D eigenvalue weighted by Gasteiger charge is -2.13. The van der Waals surface area contributed by atoms with Crippen LogP contribution in [0.15, 0.2) is 47.2 Å². The summed E-state index contributed by atoms with van der Waals surface area (Å²) in [6.07, 6.45) is 0.506. The maximum absolute atomic E-state index is 12.2. The summed E-state index contributed by atoms with van der Waals surface area (Å²) < 4.78 is 16.8. The number of carbonyl (C=O) groups is 1. The van der Waals surface area contributed by atoms with Gasteiger partial charge in [-0.15, -0.1) is 0 Å². The van der Waals surface area contributed by atoms with Crippen LogP contribution in [0.5, 0.6) is 17.2 Å². The van der Waals surface area contributed by atoms with Crippen molar-refractivity contribution < 1.29 is 19.0 Å². The molecule has 0 aliphatic carbocycles. The number of carbonyl (C=O) groups excluding carboxylic acids is 1. The maximum Gasteiger partial charge on any atom is 0.252 e. The Morgan fingerprint density at radius 1 is 1.24 bits per heavy atom. The molecule has 2 aromatic carbocycles. The number of rotatable bonds is 6. The maximum atomic E-state index is 12.2. The van der Waals surface area contributed by atoms with Crippen molar-refractivity contribution in [3.05, 3.63) is 63.3 Å². The van der Waals surface area contributed by atoms with Gasteiger partial charge in [-0.3, -0.25) is 4.79 Å². The fourth-order valence-corrected chi connectivity index (χ4v) is 4.32. The van der Waals surface area contributed by atoms with Crippen LogP contribution < -0.4 is 19.5 Å². The molecule has 0 spiro atoms. The van der Waals surface area contributed by atoms with Gasteiger partial charge in [0.2, 0.25) is 0 Å². The molecule has 3 aromatic rings. The van der Waals surface area contributed by atoms with Gasteiger partial charge in [0.15, 0.2) is 0 Å². The Morgan fingerprint density at radius 3 is 2.83 bits per heavy atom. The minimum absolute atomic E-state index is 0.0984. The molecule has 0 saturated carbocycles. The number of halogens is 1. The summed E-state index contributed by atoms with van der Waals surface area (Å²) in [6, 6.07) is 11.4. The Labute approximate surface area is 178 Å². The molecule has 0 radical (unpaired) electrons. The second kappa shape index (κ2) is 8.35. The number of ether oxygens (including phenoxy) is 3. The van der Waals surface area contributed by atoms with Crippen LogP contribution in [0.2, 0.25) is 5.02 Å². The molecule has 0 bridgehead atoms. The molecule has 1 aliphatic heterocycles. The monoisotopic (exact) mass is 429 g/mol. The highest BCUT2D eigenvalue weighted by Gasteiger charge is 2.27. The molecule has 7 heteroatoms. The first-order chi connectivity index (χ1) is 14.1. The van der Waals surface area contributed by atoms with E-state index in [9.17, 15) is 4.79 Å². The lowest BCUT2D eigenvalue weighted by atomic mass is 9.99. The summed E-state index contributed by atoms with van der Waals surface area (Å²) in [5.74, 6) is 2.05. The van der Waals surface area contributed by atoms with Crippen molar-refractivity contribution >= 4 is 28.8 Å². The first kappa shape index (κ1) is 19.6. The van der Waals surface area contributed by atoms with Crippen LogP contribution in [0.4, 0.5) is 0 Å². The van der Waals surface area contributed by atoms with E-state index in [-0.39, 0.29) is 12.0 Å². The van der Waals surface area contributed by atoms with E-state index >= 15 is 0 Å². The minimum atomic E-state index is -0.160. The molecule has 1 aromatic heterocycles. The van der Waals surface area contributed by atoms with Gasteiger partial charge in [0.25, 0.3) is 5.91 Å². The summed E-state index contributed by atoms with van der Waals surface area (Å²) >= 11 is 8.01. The van der Waals surface area contributed by atoms with Crippen LogP contribution in [-0.2, 0) is 6.42 Å². The minimum Gasteiger partial charge on any atom is -0.497 e. The van der Waals surface area contributed by atoms with E-state index in [1.807, 2.05) is 35.0 Å². The number of thiophene rings is 1. The Morgan fingerprint density at radius 2 is 2.10 bits per heavy atom. The number of amides is 1. The lowest BCUT2D eigenvalue weighted by Crippen LogP contribution is -2.34. The molecule has 4 rings (SSSR count). The second-order valence-electron chi connectivity index (χ2n) is 6.68. The second-order valence-corrected chi connectivity index (χ2v) is 7.87. The van der Waals surface area contributed by atoms with Gasteiger partial charge < -0.3 is 19.5 Å². The molecular weight excluding hydrogens is 410 g/mol. The van der Waals surface area contributed by atoms with E-state index in [1.165, 1.54) is 11.3 Å². The average Bonchev–Trinajstić information content (AvgIpc) is 3.41. The van der Waals surface area contributed by atoms with Gasteiger partial charge in [-0.2, -0.15) is 11.3 Å². The molecule has 1 aliphatic rings. The van der Waals surface area contributed by atoms with Crippen LogP contribution in [0.3, 0.4) is 0 Å². The summed E-state index contributed by atoms with van der Waals surface area (Å²) in [6.45, 7) is 0.414. The van der Waals surface area contributed by atoms with Crippen molar-refractivity contribution in [1.82, 2.24) is 5.32 Å². The van der Waals surface area contributed by atoms with Crippen molar-refractivity contribution in [1.29, 1.82) is 0 Å². The molecular formula is C22H20ClNO4S. The van der Waals surface area contributed by atoms with Gasteiger partial charge in [0.05, 0.1) is 25.8 Å². The zero-order valence-electron chi connectivity index (χ0n) is 16.0. The fraction of sp³-hybridized carbons (Fsp3) is 0.227. The van der Waals surface area contributed by atoms with E-state index in [0.29, 0.717) is 29.3 Å². The molecule has 29 heavy (non-hydrogen) atoms. The molecule has 2 heterocycles. The number of fused-ring (bicyclic) bond motifs is 1. The summed E-state index contributed by atoms with van der Waals surface area (Å²) in [4.78, 5) is 12.2. The van der Waals surface area contributed by atoms with E-state index < -0.39 is 0 Å². The number of methoxy groups -OCH3 is 2. The van der Waals surface area contributed by atoms with Crippen molar-refractivity contribution in [2.75, 3.05) is 20.8 Å². The first-order valence-electron chi connectivity index (χ1n) is 9.11. The average molecular weight is 430 g/mol. The van der Waals surface area contributed by atoms with E-state index in [4.69, 9.17) is 25.8 Å². The normalized spacial score (nSPS) is 14.8. The molecule has 1 N–H and O–H groups in total. The Hall–Kier alpha value is -2.70. The van der Waals surface area contributed by atoms with Gasteiger partial charge in [0, 0.05) is 28.5 Å². The summed E-state index contributed by atoms with van der Waals surface area (Å²) in [5, 5.41) is 7.16. The van der Waals surface area contributed by atoms with Crippen LogP contribution in [0.25, 0.3) is 11.1 Å². The van der Waals surface area contributed by atoms with Crippen LogP contribution in [0.1, 0.15) is 15.9 Å². The van der Waals surface area contributed by atoms with Crippen LogP contribution in [0, 0.1) is 0 Å². The van der Waals surface area contributed by atoms with Crippen molar-refractivity contribution in [3.8, 4) is 28.4 Å². The zero-order chi connectivity index (χ0) is 20.4. The smallest absolute Gasteiger partial charge is 0.252 e. The van der Waals surface area contributed by atoms with Crippen LogP contribution in [-0.4, -0.2) is 32.8 Å². The molecule has 1 amide bonds. The standard InChI is InChI=1S/C22H20ClNO4S/c1-26-16-3-4-20(27-2)18(10-16)14-7-15-8-17(28-21(15)19(23)9-14)11-24-22(25)13-5-6-29-12-13/h3-7,9-10,12,17H,8,11H2,1-2H3,(H,24,25).